The lowest BCUT2D eigenvalue weighted by atomic mass is 10.0. The SMILES string of the molecule is NNc1c(F)c2c(c3c1c(=O)c(C(=O)O)cn3C1CC1)OCC1CC(N)CN21. The fraction of sp³-hybridized carbons (Fsp3) is 0.444. The molecular weight excluding hydrogens is 369 g/mol. The van der Waals surface area contributed by atoms with Crippen LogP contribution in [0.4, 0.5) is 15.8 Å². The van der Waals surface area contributed by atoms with Crippen molar-refractivity contribution in [2.45, 2.75) is 37.4 Å². The number of fused-ring (bicyclic) bond motifs is 5. The van der Waals surface area contributed by atoms with E-state index >= 15 is 4.39 Å². The highest BCUT2D eigenvalue weighted by Crippen LogP contribution is 2.49. The van der Waals surface area contributed by atoms with Crippen LogP contribution in [-0.4, -0.2) is 40.9 Å². The number of benzene rings is 1. The van der Waals surface area contributed by atoms with Gasteiger partial charge in [-0.3, -0.25) is 10.6 Å². The number of hydrogen-bond acceptors (Lipinski definition) is 7. The summed E-state index contributed by atoms with van der Waals surface area (Å²) in [4.78, 5) is 26.4. The second kappa shape index (κ2) is 5.82. The van der Waals surface area contributed by atoms with Crippen molar-refractivity contribution in [1.82, 2.24) is 4.57 Å². The Morgan fingerprint density at radius 1 is 1.36 bits per heavy atom. The Labute approximate surface area is 158 Å². The number of nitrogens with zero attached hydrogens (tertiary/aromatic N) is 2. The van der Waals surface area contributed by atoms with Crippen LogP contribution in [0.3, 0.4) is 0 Å². The minimum atomic E-state index is -1.37. The molecule has 3 aliphatic rings. The molecule has 9 nitrogen and oxygen atoms in total. The summed E-state index contributed by atoms with van der Waals surface area (Å²) in [5, 5.41) is 9.36. The number of pyridine rings is 1. The number of halogens is 1. The number of carbonyl (C=O) groups is 1. The van der Waals surface area contributed by atoms with Gasteiger partial charge < -0.3 is 30.5 Å². The molecule has 2 atom stereocenters. The Balaban J connectivity index is 1.92. The number of ether oxygens (including phenoxy) is 1. The third-order valence-electron chi connectivity index (χ3n) is 5.81. The number of carboxylic acids is 1. The van der Waals surface area contributed by atoms with Crippen molar-refractivity contribution in [3.8, 4) is 5.75 Å². The highest BCUT2D eigenvalue weighted by Gasteiger charge is 2.41. The van der Waals surface area contributed by atoms with Crippen LogP contribution in [0, 0.1) is 5.82 Å². The first kappa shape index (κ1) is 17.3. The van der Waals surface area contributed by atoms with Crippen LogP contribution in [0.15, 0.2) is 11.0 Å². The van der Waals surface area contributed by atoms with Gasteiger partial charge in [-0.15, -0.1) is 0 Å². The summed E-state index contributed by atoms with van der Waals surface area (Å²) in [6, 6.07) is -0.132. The molecule has 2 fully saturated rings. The van der Waals surface area contributed by atoms with Crippen LogP contribution in [0.1, 0.15) is 35.7 Å². The largest absolute Gasteiger partial charge is 0.487 e. The summed E-state index contributed by atoms with van der Waals surface area (Å²) in [7, 11) is 0. The van der Waals surface area contributed by atoms with Crippen LogP contribution in [-0.2, 0) is 0 Å². The topological polar surface area (TPSA) is 136 Å². The van der Waals surface area contributed by atoms with Gasteiger partial charge in [-0.25, -0.2) is 9.18 Å². The maximum absolute atomic E-state index is 15.5. The minimum absolute atomic E-state index is 0.0311. The molecule has 28 heavy (non-hydrogen) atoms. The zero-order valence-corrected chi connectivity index (χ0v) is 14.9. The van der Waals surface area contributed by atoms with E-state index in [0.29, 0.717) is 25.1 Å². The lowest BCUT2D eigenvalue weighted by Crippen LogP contribution is -2.40. The summed E-state index contributed by atoms with van der Waals surface area (Å²) in [5.74, 6) is 3.73. The van der Waals surface area contributed by atoms with Crippen LogP contribution < -0.4 is 32.1 Å². The Hall–Kier alpha value is -2.85. The highest BCUT2D eigenvalue weighted by atomic mass is 19.1. The molecular formula is C18H20FN5O4. The Morgan fingerprint density at radius 3 is 2.75 bits per heavy atom. The number of carboxylic acid groups (broad SMARTS) is 1. The van der Waals surface area contributed by atoms with Gasteiger partial charge in [0.25, 0.3) is 0 Å². The van der Waals surface area contributed by atoms with Crippen molar-refractivity contribution in [2.24, 2.45) is 11.6 Å². The van der Waals surface area contributed by atoms with Crippen molar-refractivity contribution in [3.05, 3.63) is 27.8 Å². The number of hydrogen-bond donors (Lipinski definition) is 4. The smallest absolute Gasteiger partial charge is 0.341 e. The number of aromatic nitrogens is 1. The molecule has 1 aliphatic carbocycles. The number of nitrogens with one attached hydrogen (secondary N) is 1. The number of hydrazine groups is 1. The van der Waals surface area contributed by atoms with Crippen molar-refractivity contribution in [2.75, 3.05) is 23.5 Å². The predicted octanol–water partition coefficient (Wildman–Crippen LogP) is 0.758. The number of nitrogen functional groups attached to an aromatic ring is 1. The Bertz CT molecular complexity index is 1080. The highest BCUT2D eigenvalue weighted by molar-refractivity contribution is 6.04. The van der Waals surface area contributed by atoms with Gasteiger partial charge in [0.2, 0.25) is 5.43 Å². The Kier molecular flexibility index (Phi) is 3.59. The third-order valence-corrected chi connectivity index (χ3v) is 5.81. The average molecular weight is 389 g/mol. The lowest BCUT2D eigenvalue weighted by molar-refractivity contribution is 0.0695. The van der Waals surface area contributed by atoms with Crippen LogP contribution in [0.25, 0.3) is 10.9 Å². The molecule has 5 rings (SSSR count). The molecule has 1 saturated carbocycles. The number of nitrogens with two attached hydrogens (primary N) is 2. The molecule has 0 bridgehead atoms. The first-order valence-corrected chi connectivity index (χ1v) is 9.21. The van der Waals surface area contributed by atoms with Crippen molar-refractivity contribution in [3.63, 3.8) is 0 Å². The summed E-state index contributed by atoms with van der Waals surface area (Å²) in [5.41, 5.74) is 7.51. The molecule has 1 aromatic carbocycles. The van der Waals surface area contributed by atoms with Crippen LogP contribution in [0.2, 0.25) is 0 Å². The van der Waals surface area contributed by atoms with Gasteiger partial charge in [-0.05, 0) is 19.3 Å². The lowest BCUT2D eigenvalue weighted by Gasteiger charge is -2.35. The number of rotatable bonds is 3. The van der Waals surface area contributed by atoms with Gasteiger partial charge in [0, 0.05) is 24.8 Å². The van der Waals surface area contributed by atoms with E-state index in [1.165, 1.54) is 6.20 Å². The van der Waals surface area contributed by atoms with Crippen molar-refractivity contribution in [1.29, 1.82) is 0 Å². The van der Waals surface area contributed by atoms with E-state index in [2.05, 4.69) is 5.43 Å². The molecule has 0 radical (unpaired) electrons. The summed E-state index contributed by atoms with van der Waals surface area (Å²) >= 11 is 0. The zero-order chi connectivity index (χ0) is 19.7. The van der Waals surface area contributed by atoms with Crippen LogP contribution >= 0.6 is 0 Å². The zero-order valence-electron chi connectivity index (χ0n) is 14.9. The Morgan fingerprint density at radius 2 is 2.11 bits per heavy atom. The van der Waals surface area contributed by atoms with Crippen molar-refractivity contribution >= 4 is 28.2 Å². The van der Waals surface area contributed by atoms with E-state index < -0.39 is 22.8 Å². The van der Waals surface area contributed by atoms with Crippen LogP contribution in [0.5, 0.6) is 5.75 Å². The second-order valence-corrected chi connectivity index (χ2v) is 7.66. The van der Waals surface area contributed by atoms with Gasteiger partial charge in [0.1, 0.15) is 23.5 Å². The van der Waals surface area contributed by atoms with Crippen molar-refractivity contribution < 1.29 is 19.0 Å². The van der Waals surface area contributed by atoms with E-state index in [1.807, 2.05) is 4.90 Å². The molecule has 6 N–H and O–H groups in total. The van der Waals surface area contributed by atoms with Gasteiger partial charge in [-0.2, -0.15) is 0 Å². The van der Waals surface area contributed by atoms with E-state index in [0.717, 1.165) is 12.8 Å². The molecule has 3 heterocycles. The third kappa shape index (κ3) is 2.24. The molecule has 1 saturated heterocycles. The van der Waals surface area contributed by atoms with Gasteiger partial charge in [0.15, 0.2) is 11.6 Å². The van der Waals surface area contributed by atoms with E-state index in [1.54, 1.807) is 4.57 Å². The normalized spacial score (nSPS) is 23.3. The molecule has 148 valence electrons. The fourth-order valence-electron chi connectivity index (χ4n) is 4.42. The summed E-state index contributed by atoms with van der Waals surface area (Å²) in [6.45, 7) is 0.790. The van der Waals surface area contributed by atoms with E-state index in [9.17, 15) is 14.7 Å². The first-order valence-electron chi connectivity index (χ1n) is 9.21. The maximum atomic E-state index is 15.5. The van der Waals surface area contributed by atoms with Gasteiger partial charge >= 0.3 is 5.97 Å². The fourth-order valence-corrected chi connectivity index (χ4v) is 4.42. The van der Waals surface area contributed by atoms with Gasteiger partial charge in [-0.1, -0.05) is 0 Å². The summed E-state index contributed by atoms with van der Waals surface area (Å²) < 4.78 is 23.2. The number of aromatic carboxylic acids is 1. The monoisotopic (exact) mass is 389 g/mol. The average Bonchev–Trinajstić information content (AvgIpc) is 3.42. The molecule has 0 amide bonds. The first-order chi connectivity index (χ1) is 13.4. The predicted molar refractivity (Wildman–Crippen MR) is 100 cm³/mol. The quantitative estimate of drug-likeness (QED) is 0.446. The van der Waals surface area contributed by atoms with Gasteiger partial charge in [0.05, 0.1) is 16.9 Å². The minimum Gasteiger partial charge on any atom is -0.487 e. The maximum Gasteiger partial charge on any atom is 0.341 e. The standard InChI is InChI=1S/C18H20FN5O4/c19-12-13(22-21)11-14(17-15(12)23-4-7(20)3-9(23)6-28-17)24(8-1-2-8)5-10(16(11)25)18(26)27/h5,7-9,22H,1-4,6,20-21H2,(H,26,27). The molecule has 2 aromatic rings. The molecule has 10 heteroatoms. The molecule has 2 aliphatic heterocycles. The molecule has 2 unspecified atom stereocenters. The number of anilines is 2. The molecule has 1 aromatic heterocycles. The van der Waals surface area contributed by atoms with E-state index in [4.69, 9.17) is 16.3 Å². The van der Waals surface area contributed by atoms with E-state index in [-0.39, 0.29) is 40.6 Å². The molecule has 0 spiro atoms. The second-order valence-electron chi connectivity index (χ2n) is 7.66. The summed E-state index contributed by atoms with van der Waals surface area (Å²) in [6.07, 6.45) is 3.68.